The molecule has 0 aliphatic rings. The molecule has 1 heterocycles. The van der Waals surface area contributed by atoms with Crippen LogP contribution in [0, 0.1) is 0 Å². The van der Waals surface area contributed by atoms with Crippen molar-refractivity contribution in [3.8, 4) is 0 Å². The van der Waals surface area contributed by atoms with Gasteiger partial charge >= 0.3 is 11.9 Å². The number of aromatic nitrogens is 1. The lowest BCUT2D eigenvalue weighted by Gasteiger charge is -1.90. The first kappa shape index (κ1) is 9.71. The zero-order valence-electron chi connectivity index (χ0n) is 8.43. The number of carbonyl (C=O) groups is 1. The Bertz CT molecular complexity index is 502. The van der Waals surface area contributed by atoms with Gasteiger partial charge in [-0.15, -0.1) is 0 Å². The van der Waals surface area contributed by atoms with E-state index in [2.05, 4.69) is 0 Å². The first-order valence-electron chi connectivity index (χ1n) is 4.88. The van der Waals surface area contributed by atoms with Gasteiger partial charge in [-0.1, -0.05) is 19.1 Å². The third-order valence-corrected chi connectivity index (χ3v) is 2.24. The quantitative estimate of drug-likeness (QED) is 0.779. The van der Waals surface area contributed by atoms with Gasteiger partial charge in [0.15, 0.2) is 6.54 Å². The number of benzene rings is 1. The summed E-state index contributed by atoms with van der Waals surface area (Å²) in [6.45, 7) is 2.65. The van der Waals surface area contributed by atoms with E-state index in [1.807, 2.05) is 25.1 Å². The Hall–Kier alpha value is -1.84. The van der Waals surface area contributed by atoms with Gasteiger partial charge < -0.3 is 9.52 Å². The second-order valence-corrected chi connectivity index (χ2v) is 3.33. The first-order valence-corrected chi connectivity index (χ1v) is 4.88. The minimum atomic E-state index is -1.03. The smallest absolute Gasteiger partial charge is 0.462 e. The maximum Gasteiger partial charge on any atom is 0.462 e. The Balaban J connectivity index is 2.68. The van der Waals surface area contributed by atoms with E-state index < -0.39 is 5.97 Å². The van der Waals surface area contributed by atoms with Crippen molar-refractivity contribution in [2.45, 2.75) is 19.9 Å². The largest absolute Gasteiger partial charge is 0.471 e. The van der Waals surface area contributed by atoms with Crippen molar-refractivity contribution in [2.24, 2.45) is 0 Å². The number of carboxylic acids is 1. The number of hydrogen-bond donors (Lipinski definition) is 1. The van der Waals surface area contributed by atoms with E-state index in [1.165, 1.54) is 0 Å². The molecular weight excluding hydrogens is 194 g/mol. The van der Waals surface area contributed by atoms with Gasteiger partial charge in [-0.2, -0.15) is 4.57 Å². The fourth-order valence-electron chi connectivity index (χ4n) is 1.64. The predicted octanol–water partition coefficient (Wildman–Crippen LogP) is 1.83. The molecule has 0 spiro atoms. The normalized spacial score (nSPS) is 10.7. The molecule has 4 heteroatoms. The highest BCUT2D eigenvalue weighted by Gasteiger charge is 2.27. The molecule has 2 aromatic rings. The molecule has 1 aromatic carbocycles. The number of aromatic carboxylic acids is 1. The molecular formula is C11H12NO3+. The van der Waals surface area contributed by atoms with Crippen molar-refractivity contribution in [3.05, 3.63) is 30.2 Å². The van der Waals surface area contributed by atoms with E-state index in [4.69, 9.17) is 9.52 Å². The monoisotopic (exact) mass is 206 g/mol. The van der Waals surface area contributed by atoms with Crippen LogP contribution in [-0.4, -0.2) is 11.1 Å². The molecule has 15 heavy (non-hydrogen) atoms. The summed E-state index contributed by atoms with van der Waals surface area (Å²) in [6.07, 6.45) is 0.870. The van der Waals surface area contributed by atoms with Crippen LogP contribution in [0.2, 0.25) is 0 Å². The van der Waals surface area contributed by atoms with E-state index in [1.54, 1.807) is 10.6 Å². The van der Waals surface area contributed by atoms with Crippen LogP contribution in [0.3, 0.4) is 0 Å². The lowest BCUT2D eigenvalue weighted by Crippen LogP contribution is -2.38. The molecule has 0 aliphatic heterocycles. The van der Waals surface area contributed by atoms with E-state index in [0.717, 1.165) is 11.9 Å². The zero-order valence-corrected chi connectivity index (χ0v) is 8.43. The summed E-state index contributed by atoms with van der Waals surface area (Å²) < 4.78 is 6.97. The summed E-state index contributed by atoms with van der Waals surface area (Å²) in [7, 11) is 0. The van der Waals surface area contributed by atoms with Crippen LogP contribution < -0.4 is 4.57 Å². The Morgan fingerprint density at radius 3 is 2.87 bits per heavy atom. The topological polar surface area (TPSA) is 54.3 Å². The molecule has 4 nitrogen and oxygen atoms in total. The van der Waals surface area contributed by atoms with Crippen LogP contribution in [0.4, 0.5) is 0 Å². The third-order valence-electron chi connectivity index (χ3n) is 2.24. The fourth-order valence-corrected chi connectivity index (χ4v) is 1.64. The number of nitrogens with zero attached hydrogens (tertiary/aromatic N) is 1. The van der Waals surface area contributed by atoms with Crippen molar-refractivity contribution < 1.29 is 18.9 Å². The molecule has 0 amide bonds. The van der Waals surface area contributed by atoms with E-state index in [9.17, 15) is 4.79 Å². The minimum absolute atomic E-state index is 0.00181. The predicted molar refractivity (Wildman–Crippen MR) is 53.7 cm³/mol. The number of aryl methyl sites for hydroxylation is 1. The highest BCUT2D eigenvalue weighted by molar-refractivity contribution is 5.83. The van der Waals surface area contributed by atoms with Gasteiger partial charge in [0.05, 0.1) is 0 Å². The number of fused-ring (bicyclic) bond motifs is 1. The average molecular weight is 206 g/mol. The number of rotatable bonds is 3. The molecule has 0 unspecified atom stereocenters. The van der Waals surface area contributed by atoms with Crippen LogP contribution in [0.25, 0.3) is 11.1 Å². The van der Waals surface area contributed by atoms with Crippen molar-refractivity contribution in [1.82, 2.24) is 0 Å². The Kier molecular flexibility index (Phi) is 2.41. The second-order valence-electron chi connectivity index (χ2n) is 3.33. The lowest BCUT2D eigenvalue weighted by atomic mass is 10.3. The van der Waals surface area contributed by atoms with Gasteiger partial charge in [0, 0.05) is 12.5 Å². The number of para-hydroxylation sites is 2. The molecule has 0 bridgehead atoms. The average Bonchev–Trinajstić information content (AvgIpc) is 2.58. The van der Waals surface area contributed by atoms with Gasteiger partial charge in [-0.25, -0.2) is 4.79 Å². The summed E-state index contributed by atoms with van der Waals surface area (Å²) in [5.41, 5.74) is 1.44. The van der Waals surface area contributed by atoms with Crippen LogP contribution in [0.5, 0.6) is 0 Å². The van der Waals surface area contributed by atoms with Crippen LogP contribution in [0.1, 0.15) is 24.0 Å². The fraction of sp³-hybridized carbons (Fsp3) is 0.273. The highest BCUT2D eigenvalue weighted by atomic mass is 16.4. The summed E-state index contributed by atoms with van der Waals surface area (Å²) in [5, 5.41) is 8.98. The SMILES string of the molecule is CCC[n+]1c(C(=O)O)oc2ccccc21. The van der Waals surface area contributed by atoms with Crippen molar-refractivity contribution >= 4 is 17.1 Å². The third kappa shape index (κ3) is 1.58. The standard InChI is InChI=1S/C11H11NO3/c1-2-7-12-8-5-3-4-6-9(8)15-10(12)11(13)14/h3-6H,2,7H2,1H3/p+1. The van der Waals surface area contributed by atoms with Crippen molar-refractivity contribution in [3.63, 3.8) is 0 Å². The minimum Gasteiger partial charge on any atom is -0.471 e. The van der Waals surface area contributed by atoms with Crippen LogP contribution >= 0.6 is 0 Å². The Morgan fingerprint density at radius 1 is 1.47 bits per heavy atom. The van der Waals surface area contributed by atoms with E-state index in [-0.39, 0.29) is 5.89 Å². The molecule has 0 radical (unpaired) electrons. The van der Waals surface area contributed by atoms with E-state index >= 15 is 0 Å². The summed E-state index contributed by atoms with van der Waals surface area (Å²) in [4.78, 5) is 11.0. The van der Waals surface area contributed by atoms with Crippen molar-refractivity contribution in [1.29, 1.82) is 0 Å². The highest BCUT2D eigenvalue weighted by Crippen LogP contribution is 2.13. The molecule has 1 N–H and O–H groups in total. The molecule has 0 saturated heterocycles. The summed E-state index contributed by atoms with van der Waals surface area (Å²) in [6, 6.07) is 7.33. The summed E-state index contributed by atoms with van der Waals surface area (Å²) >= 11 is 0. The first-order chi connectivity index (χ1) is 7.24. The van der Waals surface area contributed by atoms with Crippen molar-refractivity contribution in [2.75, 3.05) is 0 Å². The molecule has 0 saturated carbocycles. The van der Waals surface area contributed by atoms with Crippen LogP contribution in [0.15, 0.2) is 28.7 Å². The van der Waals surface area contributed by atoms with Gasteiger partial charge in [0.1, 0.15) is 0 Å². The van der Waals surface area contributed by atoms with Gasteiger partial charge in [0.2, 0.25) is 5.58 Å². The molecule has 1 aromatic heterocycles. The van der Waals surface area contributed by atoms with Crippen LogP contribution in [-0.2, 0) is 6.54 Å². The number of oxazole rings is 1. The maximum absolute atomic E-state index is 11.0. The lowest BCUT2D eigenvalue weighted by molar-refractivity contribution is -0.678. The summed E-state index contributed by atoms with van der Waals surface area (Å²) in [5.74, 6) is -1.03. The van der Waals surface area contributed by atoms with Gasteiger partial charge in [-0.05, 0) is 6.07 Å². The second kappa shape index (κ2) is 3.73. The zero-order chi connectivity index (χ0) is 10.8. The Morgan fingerprint density at radius 2 is 2.20 bits per heavy atom. The number of carboxylic acid groups (broad SMARTS) is 1. The molecule has 78 valence electrons. The van der Waals surface area contributed by atoms with Gasteiger partial charge in [-0.3, -0.25) is 0 Å². The molecule has 0 atom stereocenters. The van der Waals surface area contributed by atoms with E-state index in [0.29, 0.717) is 12.1 Å². The Labute approximate surface area is 86.8 Å². The molecule has 0 aliphatic carbocycles. The molecule has 2 rings (SSSR count). The number of hydrogen-bond acceptors (Lipinski definition) is 2. The maximum atomic E-state index is 11.0. The van der Waals surface area contributed by atoms with Gasteiger partial charge in [0.25, 0.3) is 5.52 Å². The molecule has 0 fully saturated rings.